The van der Waals surface area contributed by atoms with E-state index >= 15 is 0 Å². The number of hydrogen-bond acceptors (Lipinski definition) is 3. The van der Waals surface area contributed by atoms with Gasteiger partial charge in [0.05, 0.1) is 12.7 Å². The highest BCUT2D eigenvalue weighted by Gasteiger charge is 2.20. The monoisotopic (exact) mass is 258 g/mol. The van der Waals surface area contributed by atoms with Crippen LogP contribution in [0.25, 0.3) is 0 Å². The molecule has 0 aliphatic heterocycles. The summed E-state index contributed by atoms with van der Waals surface area (Å²) < 4.78 is 5.27. The van der Waals surface area contributed by atoms with Gasteiger partial charge in [-0.05, 0) is 41.5 Å². The third-order valence-electron chi connectivity index (χ3n) is 2.05. The molecule has 0 aromatic rings. The summed E-state index contributed by atoms with van der Waals surface area (Å²) >= 11 is 0. The van der Waals surface area contributed by atoms with E-state index < -0.39 is 6.04 Å². The fourth-order valence-corrected chi connectivity index (χ4v) is 1.24. The molecule has 0 aliphatic rings. The summed E-state index contributed by atoms with van der Waals surface area (Å²) in [6.07, 6.45) is 0.380. The third-order valence-corrected chi connectivity index (χ3v) is 2.05. The molecule has 0 heterocycles. The lowest BCUT2D eigenvalue weighted by atomic mass is 10.1. The summed E-state index contributed by atoms with van der Waals surface area (Å²) in [4.78, 5) is 23.3. The zero-order valence-electron chi connectivity index (χ0n) is 12.3. The van der Waals surface area contributed by atoms with Crippen molar-refractivity contribution >= 4 is 11.8 Å². The molecule has 5 nitrogen and oxygen atoms in total. The van der Waals surface area contributed by atoms with Crippen LogP contribution in [0.15, 0.2) is 0 Å². The van der Waals surface area contributed by atoms with Crippen molar-refractivity contribution in [2.24, 2.45) is 0 Å². The van der Waals surface area contributed by atoms with Crippen molar-refractivity contribution < 1.29 is 14.3 Å². The van der Waals surface area contributed by atoms with Crippen LogP contribution in [0.4, 0.5) is 0 Å². The molecule has 0 spiro atoms. The van der Waals surface area contributed by atoms with Gasteiger partial charge in [0, 0.05) is 12.0 Å². The van der Waals surface area contributed by atoms with E-state index in [0.29, 0.717) is 6.61 Å². The lowest BCUT2D eigenvalue weighted by molar-refractivity contribution is -0.130. The molecule has 1 atom stereocenters. The SMILES string of the molecule is CC(C)OCCC(=O)NC(C)C(=O)NC(C)(C)C. The van der Waals surface area contributed by atoms with E-state index in [4.69, 9.17) is 4.74 Å². The van der Waals surface area contributed by atoms with Crippen LogP contribution in [-0.4, -0.2) is 36.1 Å². The summed E-state index contributed by atoms with van der Waals surface area (Å²) in [5.41, 5.74) is -0.295. The van der Waals surface area contributed by atoms with Gasteiger partial charge in [-0.15, -0.1) is 0 Å². The second kappa shape index (κ2) is 7.36. The molecule has 2 amide bonds. The average molecular weight is 258 g/mol. The summed E-state index contributed by atoms with van der Waals surface area (Å²) in [5, 5.41) is 5.46. The van der Waals surface area contributed by atoms with E-state index in [2.05, 4.69) is 10.6 Å². The van der Waals surface area contributed by atoms with Gasteiger partial charge in [0.15, 0.2) is 0 Å². The first kappa shape index (κ1) is 16.9. The molecule has 0 saturated heterocycles. The molecule has 0 bridgehead atoms. The summed E-state index contributed by atoms with van der Waals surface area (Å²) in [5.74, 6) is -0.354. The van der Waals surface area contributed by atoms with Crippen LogP contribution in [-0.2, 0) is 14.3 Å². The Hall–Kier alpha value is -1.10. The summed E-state index contributed by atoms with van der Waals surface area (Å²) in [7, 11) is 0. The normalized spacial score (nSPS) is 13.3. The zero-order valence-corrected chi connectivity index (χ0v) is 12.3. The molecule has 0 rings (SSSR count). The maximum atomic E-state index is 11.7. The Labute approximate surface area is 110 Å². The molecule has 0 aliphatic carbocycles. The lowest BCUT2D eigenvalue weighted by Crippen LogP contribution is -2.50. The number of amides is 2. The van der Waals surface area contributed by atoms with Crippen LogP contribution < -0.4 is 10.6 Å². The first-order valence-electron chi connectivity index (χ1n) is 6.35. The van der Waals surface area contributed by atoms with Gasteiger partial charge in [0.2, 0.25) is 11.8 Å². The number of ether oxygens (including phenoxy) is 1. The minimum absolute atomic E-state index is 0.111. The molecule has 0 saturated carbocycles. The van der Waals surface area contributed by atoms with Crippen molar-refractivity contribution in [1.82, 2.24) is 10.6 Å². The molecule has 0 radical (unpaired) electrons. The van der Waals surface area contributed by atoms with Crippen LogP contribution in [0.5, 0.6) is 0 Å². The van der Waals surface area contributed by atoms with Crippen LogP contribution >= 0.6 is 0 Å². The number of carbonyl (C=O) groups is 2. The summed E-state index contributed by atoms with van der Waals surface area (Å²) in [6, 6.07) is -0.532. The standard InChI is InChI=1S/C13H26N2O3/c1-9(2)18-8-7-11(16)14-10(3)12(17)15-13(4,5)6/h9-10H,7-8H2,1-6H3,(H,14,16)(H,15,17). The van der Waals surface area contributed by atoms with Crippen molar-refractivity contribution in [3.8, 4) is 0 Å². The Morgan fingerprint density at radius 2 is 1.72 bits per heavy atom. The van der Waals surface area contributed by atoms with E-state index in [0.717, 1.165) is 0 Å². The average Bonchev–Trinajstić information content (AvgIpc) is 2.13. The minimum atomic E-state index is -0.532. The van der Waals surface area contributed by atoms with Crippen LogP contribution in [0.2, 0.25) is 0 Å². The van der Waals surface area contributed by atoms with Gasteiger partial charge in [-0.3, -0.25) is 9.59 Å². The van der Waals surface area contributed by atoms with Crippen molar-refractivity contribution in [2.75, 3.05) is 6.61 Å². The van der Waals surface area contributed by atoms with Crippen molar-refractivity contribution in [3.63, 3.8) is 0 Å². The maximum Gasteiger partial charge on any atom is 0.242 e. The predicted octanol–water partition coefficient (Wildman–Crippen LogP) is 1.22. The Balaban J connectivity index is 3.96. The predicted molar refractivity (Wildman–Crippen MR) is 71.2 cm³/mol. The van der Waals surface area contributed by atoms with Gasteiger partial charge in [-0.1, -0.05) is 0 Å². The highest BCUT2D eigenvalue weighted by molar-refractivity contribution is 5.87. The van der Waals surface area contributed by atoms with Gasteiger partial charge >= 0.3 is 0 Å². The minimum Gasteiger partial charge on any atom is -0.378 e. The third kappa shape index (κ3) is 8.98. The fraction of sp³-hybridized carbons (Fsp3) is 0.846. The zero-order chi connectivity index (χ0) is 14.3. The largest absolute Gasteiger partial charge is 0.378 e. The van der Waals surface area contributed by atoms with E-state index in [1.165, 1.54) is 0 Å². The van der Waals surface area contributed by atoms with Crippen molar-refractivity contribution in [1.29, 1.82) is 0 Å². The Kier molecular flexibility index (Phi) is 6.91. The molecule has 0 aromatic carbocycles. The molecule has 1 unspecified atom stereocenters. The van der Waals surface area contributed by atoms with E-state index in [9.17, 15) is 9.59 Å². The quantitative estimate of drug-likeness (QED) is 0.753. The molecule has 18 heavy (non-hydrogen) atoms. The lowest BCUT2D eigenvalue weighted by Gasteiger charge is -2.23. The second-order valence-corrected chi connectivity index (χ2v) is 5.70. The first-order chi connectivity index (χ1) is 8.11. The van der Waals surface area contributed by atoms with Crippen LogP contribution in [0.1, 0.15) is 48.0 Å². The Morgan fingerprint density at radius 1 is 1.17 bits per heavy atom. The first-order valence-corrected chi connectivity index (χ1v) is 6.35. The van der Waals surface area contributed by atoms with E-state index in [1.54, 1.807) is 6.92 Å². The molecule has 106 valence electrons. The molecule has 2 N–H and O–H groups in total. The maximum absolute atomic E-state index is 11.7. The molecular formula is C13H26N2O3. The molecule has 0 aromatic heterocycles. The van der Waals surface area contributed by atoms with Crippen LogP contribution in [0.3, 0.4) is 0 Å². The van der Waals surface area contributed by atoms with Crippen molar-refractivity contribution in [3.05, 3.63) is 0 Å². The van der Waals surface area contributed by atoms with Gasteiger partial charge in [-0.25, -0.2) is 0 Å². The number of hydrogen-bond donors (Lipinski definition) is 2. The highest BCUT2D eigenvalue weighted by Crippen LogP contribution is 1.99. The smallest absolute Gasteiger partial charge is 0.242 e. The van der Waals surface area contributed by atoms with Gasteiger partial charge < -0.3 is 15.4 Å². The van der Waals surface area contributed by atoms with Gasteiger partial charge in [0.25, 0.3) is 0 Å². The second-order valence-electron chi connectivity index (χ2n) is 5.70. The van der Waals surface area contributed by atoms with Crippen molar-refractivity contribution in [2.45, 2.75) is 65.6 Å². The highest BCUT2D eigenvalue weighted by atomic mass is 16.5. The fourth-order valence-electron chi connectivity index (χ4n) is 1.24. The van der Waals surface area contributed by atoms with Gasteiger partial charge in [0.1, 0.15) is 6.04 Å². The van der Waals surface area contributed by atoms with E-state index in [-0.39, 0.29) is 29.9 Å². The molecular weight excluding hydrogens is 232 g/mol. The summed E-state index contributed by atoms with van der Waals surface area (Å²) in [6.45, 7) is 11.6. The molecule has 0 fully saturated rings. The number of carbonyl (C=O) groups excluding carboxylic acids is 2. The van der Waals surface area contributed by atoms with E-state index in [1.807, 2.05) is 34.6 Å². The number of nitrogens with one attached hydrogen (secondary N) is 2. The number of rotatable bonds is 6. The van der Waals surface area contributed by atoms with Gasteiger partial charge in [-0.2, -0.15) is 0 Å². The Bertz CT molecular complexity index is 282. The Morgan fingerprint density at radius 3 is 2.17 bits per heavy atom. The topological polar surface area (TPSA) is 67.4 Å². The molecule has 5 heteroatoms. The van der Waals surface area contributed by atoms with Crippen LogP contribution in [0, 0.1) is 0 Å².